The fourth-order valence-electron chi connectivity index (χ4n) is 3.31. The summed E-state index contributed by atoms with van der Waals surface area (Å²) in [6, 6.07) is 3.20. The molecule has 1 fully saturated rings. The molecule has 0 bridgehead atoms. The predicted molar refractivity (Wildman–Crippen MR) is 116 cm³/mol. The number of phosphoric ester groups is 1. The molecule has 3 rings (SSSR count). The Morgan fingerprint density at radius 1 is 1.31 bits per heavy atom. The van der Waals surface area contributed by atoms with Crippen LogP contribution in [0.25, 0.3) is 21.5 Å². The van der Waals surface area contributed by atoms with Crippen LogP contribution in [0, 0.1) is 0 Å². The number of phosphoric acid groups is 3. The van der Waals surface area contributed by atoms with Gasteiger partial charge in [-0.3, -0.25) is 4.52 Å². The largest absolute Gasteiger partial charge is 0.490 e. The zero-order valence-electron chi connectivity index (χ0n) is 18.0. The number of rotatable bonds is 11. The topological polar surface area (TPSA) is 271 Å². The van der Waals surface area contributed by atoms with E-state index in [1.807, 2.05) is 0 Å². The number of aromatic nitrogens is 2. The number of nitrogens with zero attached hydrogens (tertiary/aromatic N) is 5. The van der Waals surface area contributed by atoms with Crippen LogP contribution < -0.4 is 5.73 Å². The molecule has 1 aliphatic heterocycles. The van der Waals surface area contributed by atoms with Crippen molar-refractivity contribution in [1.82, 2.24) is 9.55 Å². The van der Waals surface area contributed by atoms with Crippen molar-refractivity contribution in [1.29, 1.82) is 0 Å². The van der Waals surface area contributed by atoms with E-state index in [0.717, 1.165) is 6.92 Å². The van der Waals surface area contributed by atoms with Gasteiger partial charge in [0.1, 0.15) is 18.0 Å². The fraction of sp³-hybridized carbons (Fsp3) is 0.500. The van der Waals surface area contributed by atoms with Gasteiger partial charge in [0.2, 0.25) is 0 Å². The summed E-state index contributed by atoms with van der Waals surface area (Å²) in [4.78, 5) is 42.7. The van der Waals surface area contributed by atoms with E-state index in [9.17, 15) is 27.9 Å². The van der Waals surface area contributed by atoms with Crippen molar-refractivity contribution < 1.29 is 60.3 Å². The first-order valence-electron chi connectivity index (χ1n) is 9.59. The van der Waals surface area contributed by atoms with Gasteiger partial charge in [0.15, 0.2) is 0 Å². The van der Waals surface area contributed by atoms with Crippen molar-refractivity contribution in [3.05, 3.63) is 35.0 Å². The number of pyridine rings is 1. The van der Waals surface area contributed by atoms with E-state index in [4.69, 9.17) is 30.5 Å². The maximum absolute atomic E-state index is 14.5. The lowest BCUT2D eigenvalue weighted by atomic mass is 10.2. The molecule has 1 saturated heterocycles. The van der Waals surface area contributed by atoms with Crippen LogP contribution in [0.5, 0.6) is 0 Å². The summed E-state index contributed by atoms with van der Waals surface area (Å²) < 4.78 is 73.1. The maximum Gasteiger partial charge on any atom is 0.490 e. The Hall–Kier alpha value is -1.94. The van der Waals surface area contributed by atoms with Crippen LogP contribution in [0.1, 0.15) is 19.6 Å². The van der Waals surface area contributed by atoms with E-state index in [0.29, 0.717) is 16.7 Å². The lowest BCUT2D eigenvalue weighted by molar-refractivity contribution is -0.178. The minimum Gasteiger partial charge on any atom is -0.398 e. The second kappa shape index (κ2) is 10.4. The second-order valence-electron chi connectivity index (χ2n) is 7.33. The van der Waals surface area contributed by atoms with Crippen LogP contribution in [0.3, 0.4) is 0 Å². The maximum atomic E-state index is 14.5. The molecule has 6 atom stereocenters. The summed E-state index contributed by atoms with van der Waals surface area (Å²) in [5, 5.41) is 3.43. The first-order chi connectivity index (χ1) is 16.5. The van der Waals surface area contributed by atoms with Crippen LogP contribution in [0.2, 0.25) is 0 Å². The Kier molecular flexibility index (Phi) is 8.30. The number of fused-ring (bicyclic) bond motifs is 1. The van der Waals surface area contributed by atoms with E-state index >= 15 is 0 Å². The molecule has 0 aromatic carbocycles. The summed E-state index contributed by atoms with van der Waals surface area (Å²) in [5.74, 6) is -2.87. The molecule has 0 spiro atoms. The number of nitrogens with two attached hydrogens (primary N) is 1. The molecular formula is C14H20FN6O12P3. The van der Waals surface area contributed by atoms with Gasteiger partial charge in [-0.1, -0.05) is 0 Å². The number of alkyl halides is 1. The quantitative estimate of drug-likeness (QED) is 0.0846. The Morgan fingerprint density at radius 2 is 2.00 bits per heavy atom. The number of hydrogen-bond donors (Lipinski definition) is 5. The van der Waals surface area contributed by atoms with E-state index in [1.54, 1.807) is 18.3 Å². The van der Waals surface area contributed by atoms with Gasteiger partial charge in [-0.15, -0.1) is 0 Å². The van der Waals surface area contributed by atoms with Gasteiger partial charge in [-0.05, 0) is 22.8 Å². The van der Waals surface area contributed by atoms with Gasteiger partial charge in [0.05, 0.1) is 12.7 Å². The lowest BCUT2D eigenvalue weighted by Gasteiger charge is -2.24. The van der Waals surface area contributed by atoms with Crippen molar-refractivity contribution in [2.75, 3.05) is 12.3 Å². The molecule has 200 valence electrons. The zero-order valence-corrected chi connectivity index (χ0v) is 20.7. The average Bonchev–Trinajstić information content (AvgIpc) is 3.28. The smallest absolute Gasteiger partial charge is 0.398 e. The van der Waals surface area contributed by atoms with Crippen molar-refractivity contribution >= 4 is 40.2 Å². The molecule has 18 nitrogen and oxygen atoms in total. The van der Waals surface area contributed by atoms with Crippen LogP contribution in [-0.4, -0.2) is 53.9 Å². The molecule has 0 saturated carbocycles. The molecule has 2 aromatic heterocycles. The van der Waals surface area contributed by atoms with Crippen molar-refractivity contribution in [2.45, 2.75) is 37.8 Å². The first kappa shape index (κ1) is 28.6. The number of ether oxygens (including phenoxy) is 2. The molecule has 2 aromatic rings. The third-order valence-corrected chi connectivity index (χ3v) is 8.35. The second-order valence-corrected chi connectivity index (χ2v) is 11.7. The molecular weight excluding hydrogens is 556 g/mol. The summed E-state index contributed by atoms with van der Waals surface area (Å²) in [6.07, 6.45) is -0.681. The number of anilines is 1. The van der Waals surface area contributed by atoms with Gasteiger partial charge in [0.25, 0.3) is 5.98 Å². The number of hydrogen-bond acceptors (Lipinski definition) is 11. The van der Waals surface area contributed by atoms with Crippen LogP contribution in [0.4, 0.5) is 10.1 Å². The summed E-state index contributed by atoms with van der Waals surface area (Å²) >= 11 is 0. The fourth-order valence-corrected chi connectivity index (χ4v) is 6.34. The predicted octanol–water partition coefficient (Wildman–Crippen LogP) is 2.59. The van der Waals surface area contributed by atoms with Crippen molar-refractivity contribution in [3.8, 4) is 0 Å². The molecule has 0 radical (unpaired) electrons. The molecule has 36 heavy (non-hydrogen) atoms. The highest BCUT2D eigenvalue weighted by Gasteiger charge is 2.45. The van der Waals surface area contributed by atoms with E-state index in [1.165, 1.54) is 10.8 Å². The number of halogens is 1. The van der Waals surface area contributed by atoms with Crippen LogP contribution in [-0.2, 0) is 36.3 Å². The van der Waals surface area contributed by atoms with Gasteiger partial charge >= 0.3 is 23.5 Å². The highest BCUT2D eigenvalue weighted by molar-refractivity contribution is 7.66. The summed E-state index contributed by atoms with van der Waals surface area (Å²) in [7, 11) is -16.8. The van der Waals surface area contributed by atoms with E-state index in [2.05, 4.69) is 28.2 Å². The minimum atomic E-state index is -5.75. The summed E-state index contributed by atoms with van der Waals surface area (Å²) in [5.41, 5.74) is 15.2. The van der Waals surface area contributed by atoms with Crippen LogP contribution in [0.15, 0.2) is 29.6 Å². The Balaban J connectivity index is 1.80. The SMILES string of the molecule is CC(F)(N=[N+]=[N-])OC1C[C@H](n2ccc3c(N)ccnc32)O[C@@H]1COP(=O)(O)OP(=O)(O)OP(=O)(O)O. The molecule has 3 heterocycles. The molecule has 22 heteroatoms. The van der Waals surface area contributed by atoms with Gasteiger partial charge in [-0.25, -0.2) is 23.1 Å². The van der Waals surface area contributed by atoms with Crippen LogP contribution >= 0.6 is 23.5 Å². The molecule has 0 amide bonds. The molecule has 0 aliphatic carbocycles. The molecule has 1 aliphatic rings. The molecule has 6 N–H and O–H groups in total. The average molecular weight is 576 g/mol. The van der Waals surface area contributed by atoms with Gasteiger partial charge in [0, 0.05) is 41.7 Å². The number of nitrogen functional groups attached to an aromatic ring is 1. The van der Waals surface area contributed by atoms with Crippen molar-refractivity contribution in [3.63, 3.8) is 0 Å². The first-order valence-corrected chi connectivity index (χ1v) is 14.1. The number of azide groups is 1. The lowest BCUT2D eigenvalue weighted by Crippen LogP contribution is -2.35. The highest BCUT2D eigenvalue weighted by atomic mass is 31.3. The third-order valence-electron chi connectivity index (χ3n) is 4.55. The highest BCUT2D eigenvalue weighted by Crippen LogP contribution is 2.66. The monoisotopic (exact) mass is 576 g/mol. The molecule has 4 unspecified atom stereocenters. The minimum absolute atomic E-state index is 0.120. The summed E-state index contributed by atoms with van der Waals surface area (Å²) in [6.45, 7) is -0.126. The normalized spacial score (nSPS) is 25.6. The standard InChI is InChI=1S/C14H20FN6O12P3/c1-14(15,19-20-17)31-10-6-12(21-5-3-8-9(16)2-4-18-13(8)21)30-11(10)7-29-35(25,26)33-36(27,28)32-34(22,23)24/h2-5,10-12H,6-7H2,1H3,(H2,16,18)(H,25,26)(H,27,28)(H2,22,23,24)/t10?,11-,12-,14?/m1/s1. The Labute approximate surface area is 200 Å². The third kappa shape index (κ3) is 7.54. The Bertz CT molecular complexity index is 1310. The Morgan fingerprint density at radius 3 is 2.64 bits per heavy atom. The van der Waals surface area contributed by atoms with E-state index < -0.39 is 54.5 Å². The van der Waals surface area contributed by atoms with Crippen molar-refractivity contribution in [2.24, 2.45) is 5.11 Å². The van der Waals surface area contributed by atoms with Gasteiger partial charge in [-0.2, -0.15) is 8.62 Å². The zero-order chi connectivity index (χ0) is 26.9. The van der Waals surface area contributed by atoms with Gasteiger partial charge < -0.3 is 39.3 Å². The van der Waals surface area contributed by atoms with E-state index in [-0.39, 0.29) is 6.42 Å².